The molecule has 0 spiro atoms. The maximum atomic E-state index is 12.7. The van der Waals surface area contributed by atoms with Gasteiger partial charge in [-0.1, -0.05) is 13.3 Å². The minimum Gasteiger partial charge on any atom is -0.381 e. The van der Waals surface area contributed by atoms with E-state index in [1.54, 1.807) is 0 Å². The second-order valence-corrected chi connectivity index (χ2v) is 5.96. The van der Waals surface area contributed by atoms with E-state index < -0.39 is 0 Å². The van der Waals surface area contributed by atoms with Gasteiger partial charge in [0.25, 0.3) is 0 Å². The fourth-order valence-corrected chi connectivity index (χ4v) is 3.48. The largest absolute Gasteiger partial charge is 0.381 e. The molecular formula is C15H27NO2. The molecule has 2 aliphatic heterocycles. The third-order valence-electron chi connectivity index (χ3n) is 4.70. The van der Waals surface area contributed by atoms with E-state index in [2.05, 4.69) is 12.2 Å². The predicted molar refractivity (Wildman–Crippen MR) is 72.6 cm³/mol. The lowest BCUT2D eigenvalue weighted by atomic mass is 9.69. The van der Waals surface area contributed by atoms with Crippen molar-refractivity contribution in [3.8, 4) is 0 Å². The molecule has 0 unspecified atom stereocenters. The molecule has 3 heteroatoms. The summed E-state index contributed by atoms with van der Waals surface area (Å²) in [4.78, 5) is 12.7. The lowest BCUT2D eigenvalue weighted by Gasteiger charge is -2.37. The first-order chi connectivity index (χ1) is 8.77. The second kappa shape index (κ2) is 6.67. The van der Waals surface area contributed by atoms with Crippen LogP contribution in [0.1, 0.15) is 51.9 Å². The number of hydrogen-bond donors (Lipinski definition) is 1. The van der Waals surface area contributed by atoms with Crippen LogP contribution in [0, 0.1) is 11.3 Å². The van der Waals surface area contributed by atoms with E-state index in [4.69, 9.17) is 4.74 Å². The number of carbonyl (C=O) groups excluding carboxylic acids is 1. The summed E-state index contributed by atoms with van der Waals surface area (Å²) >= 11 is 0. The zero-order chi connectivity index (χ0) is 12.8. The van der Waals surface area contributed by atoms with Gasteiger partial charge in [0.1, 0.15) is 5.78 Å². The maximum absolute atomic E-state index is 12.7. The Balaban J connectivity index is 1.94. The number of ketones is 1. The zero-order valence-electron chi connectivity index (χ0n) is 11.7. The van der Waals surface area contributed by atoms with Gasteiger partial charge in [-0.15, -0.1) is 0 Å². The van der Waals surface area contributed by atoms with Gasteiger partial charge >= 0.3 is 0 Å². The molecular weight excluding hydrogens is 226 g/mol. The number of ether oxygens (including phenoxy) is 1. The van der Waals surface area contributed by atoms with Crippen molar-refractivity contribution in [1.82, 2.24) is 5.32 Å². The van der Waals surface area contributed by atoms with Crippen LogP contribution >= 0.6 is 0 Å². The van der Waals surface area contributed by atoms with Crippen molar-refractivity contribution in [3.63, 3.8) is 0 Å². The first-order valence-electron chi connectivity index (χ1n) is 7.58. The summed E-state index contributed by atoms with van der Waals surface area (Å²) in [6, 6.07) is 0. The highest BCUT2D eigenvalue weighted by molar-refractivity contribution is 5.85. The number of rotatable bonds is 5. The van der Waals surface area contributed by atoms with Crippen LogP contribution in [0.15, 0.2) is 0 Å². The van der Waals surface area contributed by atoms with Crippen LogP contribution in [0.2, 0.25) is 0 Å². The predicted octanol–water partition coefficient (Wildman–Crippen LogP) is 2.54. The van der Waals surface area contributed by atoms with Crippen LogP contribution in [-0.4, -0.2) is 32.1 Å². The summed E-state index contributed by atoms with van der Waals surface area (Å²) in [5, 5.41) is 3.38. The number of carbonyl (C=O) groups is 1. The van der Waals surface area contributed by atoms with E-state index in [9.17, 15) is 4.79 Å². The molecule has 0 saturated carbocycles. The number of Topliss-reactive ketones (excluding diaryl/α,β-unsaturated/α-hetero) is 1. The Hall–Kier alpha value is -0.410. The van der Waals surface area contributed by atoms with E-state index in [0.29, 0.717) is 11.7 Å². The molecule has 2 fully saturated rings. The van der Waals surface area contributed by atoms with E-state index in [1.807, 2.05) is 0 Å². The van der Waals surface area contributed by atoms with E-state index >= 15 is 0 Å². The van der Waals surface area contributed by atoms with E-state index in [1.165, 1.54) is 0 Å². The number of hydrogen-bond acceptors (Lipinski definition) is 3. The molecule has 0 amide bonds. The summed E-state index contributed by atoms with van der Waals surface area (Å²) in [5.41, 5.74) is -0.00168. The third-order valence-corrected chi connectivity index (χ3v) is 4.70. The molecule has 2 aliphatic rings. The Morgan fingerprint density at radius 1 is 1.28 bits per heavy atom. The standard InChI is InChI=1S/C15H27NO2/c1-2-5-15(6-8-16-9-7-15)14(17)12-13-3-10-18-11-4-13/h13,16H,2-12H2,1H3. The fourth-order valence-electron chi connectivity index (χ4n) is 3.48. The van der Waals surface area contributed by atoms with Gasteiger partial charge in [0, 0.05) is 25.0 Å². The highest BCUT2D eigenvalue weighted by Gasteiger charge is 2.38. The van der Waals surface area contributed by atoms with Crippen LogP contribution in [-0.2, 0) is 9.53 Å². The van der Waals surface area contributed by atoms with E-state index in [-0.39, 0.29) is 5.41 Å². The van der Waals surface area contributed by atoms with Gasteiger partial charge < -0.3 is 10.1 Å². The summed E-state index contributed by atoms with van der Waals surface area (Å²) in [5.74, 6) is 1.12. The van der Waals surface area contributed by atoms with E-state index in [0.717, 1.165) is 71.2 Å². The summed E-state index contributed by atoms with van der Waals surface area (Å²) in [7, 11) is 0. The molecule has 104 valence electrons. The average Bonchev–Trinajstić information content (AvgIpc) is 2.41. The fraction of sp³-hybridized carbons (Fsp3) is 0.933. The quantitative estimate of drug-likeness (QED) is 0.818. The summed E-state index contributed by atoms with van der Waals surface area (Å²) in [6.07, 6.45) is 7.24. The lowest BCUT2D eigenvalue weighted by molar-refractivity contribution is -0.132. The minimum atomic E-state index is -0.00168. The first-order valence-corrected chi connectivity index (χ1v) is 7.58. The zero-order valence-corrected chi connectivity index (χ0v) is 11.7. The highest BCUT2D eigenvalue weighted by atomic mass is 16.5. The molecule has 0 aromatic carbocycles. The minimum absolute atomic E-state index is 0.00168. The Bertz CT molecular complexity index is 260. The molecule has 18 heavy (non-hydrogen) atoms. The average molecular weight is 253 g/mol. The van der Waals surface area contributed by atoms with Crippen LogP contribution in [0.3, 0.4) is 0 Å². The molecule has 0 aromatic heterocycles. The van der Waals surface area contributed by atoms with Crippen molar-refractivity contribution in [2.24, 2.45) is 11.3 Å². The molecule has 2 rings (SSSR count). The molecule has 2 heterocycles. The van der Waals surface area contributed by atoms with Gasteiger partial charge in [-0.2, -0.15) is 0 Å². The lowest BCUT2D eigenvalue weighted by Crippen LogP contribution is -2.43. The summed E-state index contributed by atoms with van der Waals surface area (Å²) in [6.45, 7) is 5.92. The number of nitrogens with one attached hydrogen (secondary N) is 1. The second-order valence-electron chi connectivity index (χ2n) is 5.96. The van der Waals surface area contributed by atoms with Gasteiger partial charge in [-0.05, 0) is 51.1 Å². The molecule has 3 nitrogen and oxygen atoms in total. The maximum Gasteiger partial charge on any atom is 0.139 e. The van der Waals surface area contributed by atoms with Gasteiger partial charge in [-0.3, -0.25) is 4.79 Å². The molecule has 0 aliphatic carbocycles. The Morgan fingerprint density at radius 2 is 1.94 bits per heavy atom. The van der Waals surface area contributed by atoms with Crippen molar-refractivity contribution in [3.05, 3.63) is 0 Å². The summed E-state index contributed by atoms with van der Waals surface area (Å²) < 4.78 is 5.38. The van der Waals surface area contributed by atoms with Gasteiger partial charge in [-0.25, -0.2) is 0 Å². The van der Waals surface area contributed by atoms with Crippen molar-refractivity contribution < 1.29 is 9.53 Å². The molecule has 0 atom stereocenters. The molecule has 2 saturated heterocycles. The monoisotopic (exact) mass is 253 g/mol. The normalized spacial score (nSPS) is 24.9. The number of piperidine rings is 1. The van der Waals surface area contributed by atoms with Gasteiger partial charge in [0.05, 0.1) is 0 Å². The molecule has 0 aromatic rings. The van der Waals surface area contributed by atoms with Gasteiger partial charge in [0.15, 0.2) is 0 Å². The molecule has 0 radical (unpaired) electrons. The van der Waals surface area contributed by atoms with Crippen LogP contribution in [0.25, 0.3) is 0 Å². The van der Waals surface area contributed by atoms with Crippen molar-refractivity contribution >= 4 is 5.78 Å². The highest BCUT2D eigenvalue weighted by Crippen LogP contribution is 2.38. The molecule has 0 bridgehead atoms. The van der Waals surface area contributed by atoms with Crippen molar-refractivity contribution in [2.75, 3.05) is 26.3 Å². The first kappa shape index (κ1) is 14.0. The molecule has 1 N–H and O–H groups in total. The van der Waals surface area contributed by atoms with Gasteiger partial charge in [0.2, 0.25) is 0 Å². The SMILES string of the molecule is CCCC1(C(=O)CC2CCOCC2)CCNCC1. The van der Waals surface area contributed by atoms with Crippen LogP contribution in [0.5, 0.6) is 0 Å². The Kier molecular flexibility index (Phi) is 5.19. The van der Waals surface area contributed by atoms with Crippen LogP contribution in [0.4, 0.5) is 0 Å². The van der Waals surface area contributed by atoms with Crippen molar-refractivity contribution in [1.29, 1.82) is 0 Å². The topological polar surface area (TPSA) is 38.3 Å². The van der Waals surface area contributed by atoms with Crippen LogP contribution < -0.4 is 5.32 Å². The Morgan fingerprint density at radius 3 is 2.56 bits per heavy atom. The smallest absolute Gasteiger partial charge is 0.139 e. The Labute approximate surface area is 111 Å². The van der Waals surface area contributed by atoms with Crippen molar-refractivity contribution in [2.45, 2.75) is 51.9 Å². The third kappa shape index (κ3) is 3.33.